The molecule has 0 bridgehead atoms. The van der Waals surface area contributed by atoms with Gasteiger partial charge in [0.2, 0.25) is 0 Å². The van der Waals surface area contributed by atoms with Crippen LogP contribution in [0.4, 0.5) is 0 Å². The zero-order chi connectivity index (χ0) is 24.9. The molecule has 5 aliphatic rings. The summed E-state index contributed by atoms with van der Waals surface area (Å²) in [6.07, 6.45) is 13.4. The number of aliphatic hydroxyl groups is 1. The highest BCUT2D eigenvalue weighted by Crippen LogP contribution is 2.75. The van der Waals surface area contributed by atoms with E-state index in [1.165, 1.54) is 12.8 Å². The Hall–Kier alpha value is -0.830. The molecule has 0 aliphatic heterocycles. The van der Waals surface area contributed by atoms with Gasteiger partial charge in [-0.2, -0.15) is 0 Å². The molecule has 34 heavy (non-hydrogen) atoms. The summed E-state index contributed by atoms with van der Waals surface area (Å²) in [6, 6.07) is 0. The summed E-state index contributed by atoms with van der Waals surface area (Å²) in [5.41, 5.74) is 2.18. The van der Waals surface area contributed by atoms with Crippen LogP contribution >= 0.6 is 0 Å². The van der Waals surface area contributed by atoms with E-state index in [0.717, 1.165) is 51.4 Å². The summed E-state index contributed by atoms with van der Waals surface area (Å²) < 4.78 is 5.49. The molecule has 0 amide bonds. The minimum absolute atomic E-state index is 0.0147. The highest BCUT2D eigenvalue weighted by atomic mass is 16.5. The van der Waals surface area contributed by atoms with Gasteiger partial charge in [0.05, 0.1) is 18.6 Å². The average molecular weight is 471 g/mol. The Morgan fingerprint density at radius 3 is 2.26 bits per heavy atom. The van der Waals surface area contributed by atoms with Crippen molar-refractivity contribution in [3.8, 4) is 0 Å². The largest absolute Gasteiger partial charge is 0.469 e. The fourth-order valence-corrected chi connectivity index (χ4v) is 10.8. The van der Waals surface area contributed by atoms with Gasteiger partial charge in [-0.05, 0) is 109 Å². The van der Waals surface area contributed by atoms with E-state index in [0.29, 0.717) is 17.8 Å². The van der Waals surface area contributed by atoms with E-state index in [-0.39, 0.29) is 44.6 Å². The van der Waals surface area contributed by atoms with Gasteiger partial charge in [-0.3, -0.25) is 4.79 Å². The van der Waals surface area contributed by atoms with Gasteiger partial charge in [0, 0.05) is 0 Å². The van der Waals surface area contributed by atoms with Gasteiger partial charge < -0.3 is 9.84 Å². The highest BCUT2D eigenvalue weighted by Gasteiger charge is 2.69. The van der Waals surface area contributed by atoms with Crippen molar-refractivity contribution < 1.29 is 14.6 Å². The van der Waals surface area contributed by atoms with Gasteiger partial charge in [-0.1, -0.05) is 60.1 Å². The molecule has 5 aliphatic carbocycles. The zero-order valence-corrected chi connectivity index (χ0v) is 23.2. The molecule has 192 valence electrons. The van der Waals surface area contributed by atoms with Crippen molar-refractivity contribution in [1.29, 1.82) is 0 Å². The fraction of sp³-hybridized carbons (Fsp3) is 0.903. The molecular weight excluding hydrogens is 420 g/mol. The molecule has 0 aromatic rings. The number of carbonyl (C=O) groups excluding carboxylic acids is 1. The molecule has 0 saturated heterocycles. The van der Waals surface area contributed by atoms with E-state index >= 15 is 0 Å². The van der Waals surface area contributed by atoms with Crippen molar-refractivity contribution in [1.82, 2.24) is 0 Å². The van der Waals surface area contributed by atoms with Gasteiger partial charge in [-0.15, -0.1) is 0 Å². The Bertz CT molecular complexity index is 900. The molecule has 3 nitrogen and oxygen atoms in total. The smallest absolute Gasteiger partial charge is 0.312 e. The summed E-state index contributed by atoms with van der Waals surface area (Å²) in [7, 11) is 1.59. The lowest BCUT2D eigenvalue weighted by molar-refractivity contribution is -0.206. The number of carbonyl (C=O) groups is 1. The molecule has 4 saturated carbocycles. The first-order chi connectivity index (χ1) is 15.7. The standard InChI is InChI=1S/C31H50O3/c1-26(2)15-17-31(25(33)34-8)18-16-29(6)20(21(31)19-26)9-10-23-28(5)13-12-24(32)27(3,4)22(28)11-14-30(23,29)7/h9,21-24,32H,10-19H2,1-8H3/t21?,22-,23+,24-,28-,29+,30+,31?/m0/s1. The van der Waals surface area contributed by atoms with E-state index in [9.17, 15) is 9.90 Å². The van der Waals surface area contributed by atoms with Gasteiger partial charge in [0.25, 0.3) is 0 Å². The Kier molecular flexibility index (Phi) is 5.38. The third-order valence-electron chi connectivity index (χ3n) is 13.2. The van der Waals surface area contributed by atoms with Crippen molar-refractivity contribution >= 4 is 5.97 Å². The summed E-state index contributed by atoms with van der Waals surface area (Å²) in [4.78, 5) is 13.3. The number of allylic oxidation sites excluding steroid dienone is 2. The molecule has 8 atom stereocenters. The maximum atomic E-state index is 13.3. The molecule has 0 heterocycles. The Morgan fingerprint density at radius 1 is 0.912 bits per heavy atom. The first-order valence-electron chi connectivity index (χ1n) is 14.2. The predicted octanol–water partition coefficient (Wildman–Crippen LogP) is 7.32. The van der Waals surface area contributed by atoms with Crippen LogP contribution in [-0.2, 0) is 9.53 Å². The Balaban J connectivity index is 1.60. The summed E-state index contributed by atoms with van der Waals surface area (Å²) in [5.74, 6) is 1.57. The van der Waals surface area contributed by atoms with Crippen LogP contribution in [0.2, 0.25) is 0 Å². The van der Waals surface area contributed by atoms with Crippen LogP contribution in [0.15, 0.2) is 11.6 Å². The molecular formula is C31H50O3. The Morgan fingerprint density at radius 2 is 1.59 bits per heavy atom. The van der Waals surface area contributed by atoms with Crippen LogP contribution in [0, 0.1) is 50.2 Å². The van der Waals surface area contributed by atoms with Crippen LogP contribution in [0.5, 0.6) is 0 Å². The normalized spacial score (nSPS) is 51.1. The maximum Gasteiger partial charge on any atom is 0.312 e. The number of hydrogen-bond donors (Lipinski definition) is 1. The molecule has 1 N–H and O–H groups in total. The number of fused-ring (bicyclic) bond motifs is 7. The molecule has 0 spiro atoms. The predicted molar refractivity (Wildman–Crippen MR) is 137 cm³/mol. The number of esters is 1. The lowest BCUT2D eigenvalue weighted by Gasteiger charge is -2.71. The number of hydrogen-bond acceptors (Lipinski definition) is 3. The molecule has 3 heteroatoms. The Labute approximate surface area is 208 Å². The first-order valence-corrected chi connectivity index (χ1v) is 14.2. The lowest BCUT2D eigenvalue weighted by Crippen LogP contribution is -2.65. The van der Waals surface area contributed by atoms with Crippen molar-refractivity contribution in [3.05, 3.63) is 11.6 Å². The molecule has 0 aromatic carbocycles. The van der Waals surface area contributed by atoms with E-state index in [1.807, 2.05) is 0 Å². The minimum atomic E-state index is -0.323. The van der Waals surface area contributed by atoms with Crippen molar-refractivity contribution in [2.75, 3.05) is 7.11 Å². The van der Waals surface area contributed by atoms with Crippen LogP contribution in [-0.4, -0.2) is 24.3 Å². The number of methoxy groups -OCH3 is 1. The minimum Gasteiger partial charge on any atom is -0.469 e. The van der Waals surface area contributed by atoms with Gasteiger partial charge >= 0.3 is 5.97 Å². The maximum absolute atomic E-state index is 13.3. The average Bonchev–Trinajstić information content (AvgIpc) is 2.76. The van der Waals surface area contributed by atoms with Crippen LogP contribution in [0.3, 0.4) is 0 Å². The van der Waals surface area contributed by atoms with Gasteiger partial charge in [0.15, 0.2) is 0 Å². The van der Waals surface area contributed by atoms with Crippen molar-refractivity contribution in [2.24, 2.45) is 50.2 Å². The van der Waals surface area contributed by atoms with Crippen molar-refractivity contribution in [2.45, 2.75) is 119 Å². The van der Waals surface area contributed by atoms with Crippen molar-refractivity contribution in [3.63, 3.8) is 0 Å². The molecule has 5 rings (SSSR count). The number of rotatable bonds is 1. The fourth-order valence-electron chi connectivity index (χ4n) is 10.8. The molecule has 2 unspecified atom stereocenters. The highest BCUT2D eigenvalue weighted by molar-refractivity contribution is 5.78. The molecule has 4 fully saturated rings. The van der Waals surface area contributed by atoms with Gasteiger partial charge in [-0.25, -0.2) is 0 Å². The van der Waals surface area contributed by atoms with Crippen LogP contribution < -0.4 is 0 Å². The van der Waals surface area contributed by atoms with E-state index in [4.69, 9.17) is 4.74 Å². The topological polar surface area (TPSA) is 46.5 Å². The van der Waals surface area contributed by atoms with Crippen LogP contribution in [0.1, 0.15) is 113 Å². The van der Waals surface area contributed by atoms with E-state index in [1.54, 1.807) is 12.7 Å². The van der Waals surface area contributed by atoms with E-state index in [2.05, 4.69) is 54.5 Å². The summed E-state index contributed by atoms with van der Waals surface area (Å²) in [6.45, 7) is 17.2. The zero-order valence-electron chi connectivity index (χ0n) is 23.2. The lowest BCUT2D eigenvalue weighted by atomic mass is 9.33. The second-order valence-corrected chi connectivity index (χ2v) is 15.2. The van der Waals surface area contributed by atoms with Gasteiger partial charge in [0.1, 0.15) is 0 Å². The quantitative estimate of drug-likeness (QED) is 0.322. The third-order valence-corrected chi connectivity index (χ3v) is 13.2. The van der Waals surface area contributed by atoms with Crippen LogP contribution in [0.25, 0.3) is 0 Å². The van der Waals surface area contributed by atoms with E-state index < -0.39 is 0 Å². The number of ether oxygens (including phenoxy) is 1. The summed E-state index contributed by atoms with van der Waals surface area (Å²) >= 11 is 0. The number of aliphatic hydroxyl groups excluding tert-OH is 1. The SMILES string of the molecule is COC(=O)C12CCC(C)(C)CC1C1=CC[C@@H]3[C@@]4(C)CC[C@H](O)C(C)(C)[C@@H]4CC[C@@]3(C)[C@]1(C)CC2. The summed E-state index contributed by atoms with van der Waals surface area (Å²) in [5, 5.41) is 10.9. The third kappa shape index (κ3) is 2.94. The second-order valence-electron chi connectivity index (χ2n) is 15.2. The molecule has 0 radical (unpaired) electrons. The second kappa shape index (κ2) is 7.36. The monoisotopic (exact) mass is 470 g/mol. The first kappa shape index (κ1) is 24.8. The molecule has 0 aromatic heterocycles.